The number of carbonyl (C=O) groups is 1. The Bertz CT molecular complexity index is 332. The van der Waals surface area contributed by atoms with Crippen LogP contribution >= 0.6 is 0 Å². The summed E-state index contributed by atoms with van der Waals surface area (Å²) in [4.78, 5) is 10.4. The Morgan fingerprint density at radius 2 is 2.08 bits per heavy atom. The van der Waals surface area contributed by atoms with Gasteiger partial charge in [-0.05, 0) is 23.6 Å². The minimum absolute atomic E-state index is 0.00343. The zero-order valence-electron chi connectivity index (χ0n) is 7.54. The maximum Gasteiger partial charge on any atom is 0.165 e. The van der Waals surface area contributed by atoms with Crippen molar-refractivity contribution in [1.29, 1.82) is 0 Å². The number of aromatic hydroxyl groups is 1. The maximum absolute atomic E-state index is 13.0. The van der Waals surface area contributed by atoms with Gasteiger partial charge in [-0.3, -0.25) is 4.79 Å². The lowest BCUT2D eigenvalue weighted by Gasteiger charge is -2.07. The fourth-order valence-corrected chi connectivity index (χ4v) is 1.07. The number of phenolic OH excluding ortho intramolecular Hbond substituents is 1. The van der Waals surface area contributed by atoms with E-state index in [2.05, 4.69) is 0 Å². The Morgan fingerprint density at radius 1 is 1.46 bits per heavy atom. The van der Waals surface area contributed by atoms with Gasteiger partial charge in [-0.25, -0.2) is 4.39 Å². The van der Waals surface area contributed by atoms with E-state index >= 15 is 0 Å². The lowest BCUT2D eigenvalue weighted by molar-refractivity contribution is 0.112. The van der Waals surface area contributed by atoms with Gasteiger partial charge in [0.15, 0.2) is 17.9 Å². The number of rotatable bonds is 2. The first kappa shape index (κ1) is 9.71. The van der Waals surface area contributed by atoms with E-state index in [0.29, 0.717) is 11.8 Å². The zero-order chi connectivity index (χ0) is 10.0. The van der Waals surface area contributed by atoms with Gasteiger partial charge in [-0.15, -0.1) is 0 Å². The monoisotopic (exact) mass is 182 g/mol. The molecule has 0 bridgehead atoms. The number of phenols is 1. The van der Waals surface area contributed by atoms with E-state index < -0.39 is 11.6 Å². The number of hydrogen-bond acceptors (Lipinski definition) is 2. The third-order valence-corrected chi connectivity index (χ3v) is 1.91. The summed E-state index contributed by atoms with van der Waals surface area (Å²) in [5.41, 5.74) is 0.709. The highest BCUT2D eigenvalue weighted by atomic mass is 19.1. The summed E-state index contributed by atoms with van der Waals surface area (Å²) >= 11 is 0. The largest absolute Gasteiger partial charge is 0.504 e. The van der Waals surface area contributed by atoms with E-state index in [-0.39, 0.29) is 11.5 Å². The van der Waals surface area contributed by atoms with Gasteiger partial charge in [0.1, 0.15) is 0 Å². The van der Waals surface area contributed by atoms with Crippen molar-refractivity contribution in [1.82, 2.24) is 0 Å². The van der Waals surface area contributed by atoms with Gasteiger partial charge in [0.25, 0.3) is 0 Å². The molecule has 1 aromatic carbocycles. The molecule has 1 rings (SSSR count). The second kappa shape index (κ2) is 3.56. The standard InChI is InChI=1S/C10H11FO2/c1-6(2)7-3-8(5-12)10(13)9(11)4-7/h3-6,13H,1-2H3. The Labute approximate surface area is 76.0 Å². The quantitative estimate of drug-likeness (QED) is 0.713. The van der Waals surface area contributed by atoms with Crippen molar-refractivity contribution in [3.63, 3.8) is 0 Å². The summed E-state index contributed by atoms with van der Waals surface area (Å²) in [6, 6.07) is 2.74. The van der Waals surface area contributed by atoms with Crippen molar-refractivity contribution in [3.05, 3.63) is 29.1 Å². The van der Waals surface area contributed by atoms with E-state index in [1.807, 2.05) is 13.8 Å². The van der Waals surface area contributed by atoms with Crippen LogP contribution in [0.25, 0.3) is 0 Å². The Balaban J connectivity index is 3.30. The summed E-state index contributed by atoms with van der Waals surface area (Å²) in [5, 5.41) is 9.10. The second-order valence-corrected chi connectivity index (χ2v) is 3.21. The molecule has 0 saturated carbocycles. The minimum atomic E-state index is -0.742. The SMILES string of the molecule is CC(C)c1cc(F)c(O)c(C=O)c1. The molecule has 0 aliphatic heterocycles. The summed E-state index contributed by atoms with van der Waals surface area (Å²) in [6.07, 6.45) is 0.449. The third-order valence-electron chi connectivity index (χ3n) is 1.91. The van der Waals surface area contributed by atoms with Crippen molar-refractivity contribution in [2.75, 3.05) is 0 Å². The van der Waals surface area contributed by atoms with Gasteiger partial charge in [-0.2, -0.15) is 0 Å². The lowest BCUT2D eigenvalue weighted by atomic mass is 10.0. The third kappa shape index (κ3) is 1.86. The smallest absolute Gasteiger partial charge is 0.165 e. The van der Waals surface area contributed by atoms with Crippen LogP contribution in [0.4, 0.5) is 4.39 Å². The van der Waals surface area contributed by atoms with Crippen molar-refractivity contribution in [3.8, 4) is 5.75 Å². The highest BCUT2D eigenvalue weighted by Gasteiger charge is 2.10. The maximum atomic E-state index is 13.0. The topological polar surface area (TPSA) is 37.3 Å². The molecule has 0 atom stereocenters. The van der Waals surface area contributed by atoms with Crippen molar-refractivity contribution in [2.45, 2.75) is 19.8 Å². The summed E-state index contributed by atoms with van der Waals surface area (Å²) in [7, 11) is 0. The van der Waals surface area contributed by atoms with Crippen LogP contribution in [0.1, 0.15) is 35.7 Å². The Morgan fingerprint density at radius 3 is 2.54 bits per heavy atom. The lowest BCUT2D eigenvalue weighted by Crippen LogP contribution is -1.93. The molecule has 0 unspecified atom stereocenters. The first-order valence-corrected chi connectivity index (χ1v) is 4.04. The van der Waals surface area contributed by atoms with Crippen molar-refractivity contribution < 1.29 is 14.3 Å². The molecule has 0 amide bonds. The van der Waals surface area contributed by atoms with E-state index in [9.17, 15) is 9.18 Å². The molecule has 0 spiro atoms. The highest BCUT2D eigenvalue weighted by molar-refractivity contribution is 5.79. The average Bonchev–Trinajstić information content (AvgIpc) is 2.09. The van der Waals surface area contributed by atoms with Crippen LogP contribution in [0.5, 0.6) is 5.75 Å². The van der Waals surface area contributed by atoms with Gasteiger partial charge in [0.05, 0.1) is 5.56 Å². The van der Waals surface area contributed by atoms with Crippen LogP contribution in [0.2, 0.25) is 0 Å². The normalized spacial score (nSPS) is 10.5. The number of carbonyl (C=O) groups excluding carboxylic acids is 1. The molecule has 70 valence electrons. The van der Waals surface area contributed by atoms with Crippen LogP contribution in [0, 0.1) is 5.82 Å². The molecule has 0 fully saturated rings. The Hall–Kier alpha value is -1.38. The van der Waals surface area contributed by atoms with E-state index in [0.717, 1.165) is 0 Å². The molecular formula is C10H11FO2. The molecule has 0 heterocycles. The highest BCUT2D eigenvalue weighted by Crippen LogP contribution is 2.25. The van der Waals surface area contributed by atoms with Crippen LogP contribution in [-0.4, -0.2) is 11.4 Å². The van der Waals surface area contributed by atoms with Crippen LogP contribution < -0.4 is 0 Å². The summed E-state index contributed by atoms with van der Waals surface area (Å²) in [5.74, 6) is -1.18. The van der Waals surface area contributed by atoms with Gasteiger partial charge < -0.3 is 5.11 Å². The molecule has 0 aromatic heterocycles. The van der Waals surface area contributed by atoms with Crippen LogP contribution in [0.3, 0.4) is 0 Å². The predicted molar refractivity (Wildman–Crippen MR) is 47.5 cm³/mol. The van der Waals surface area contributed by atoms with Crippen LogP contribution in [-0.2, 0) is 0 Å². The fourth-order valence-electron chi connectivity index (χ4n) is 1.07. The molecule has 13 heavy (non-hydrogen) atoms. The molecule has 0 aliphatic rings. The van der Waals surface area contributed by atoms with E-state index in [1.54, 1.807) is 0 Å². The molecule has 0 radical (unpaired) electrons. The molecule has 1 aromatic rings. The zero-order valence-corrected chi connectivity index (χ0v) is 7.54. The number of hydrogen-bond donors (Lipinski definition) is 1. The minimum Gasteiger partial charge on any atom is -0.504 e. The average molecular weight is 182 g/mol. The summed E-state index contributed by atoms with van der Waals surface area (Å²) in [6.45, 7) is 3.78. The molecule has 3 heteroatoms. The van der Waals surface area contributed by atoms with Crippen molar-refractivity contribution >= 4 is 6.29 Å². The van der Waals surface area contributed by atoms with Gasteiger partial charge >= 0.3 is 0 Å². The van der Waals surface area contributed by atoms with Gasteiger partial charge in [0.2, 0.25) is 0 Å². The second-order valence-electron chi connectivity index (χ2n) is 3.21. The first-order chi connectivity index (χ1) is 6.06. The Kier molecular flexibility index (Phi) is 2.66. The molecule has 1 N–H and O–H groups in total. The molecule has 0 saturated heterocycles. The molecule has 0 aliphatic carbocycles. The number of halogens is 1. The summed E-state index contributed by atoms with van der Waals surface area (Å²) < 4.78 is 13.0. The van der Waals surface area contributed by atoms with Gasteiger partial charge in [0, 0.05) is 0 Å². The van der Waals surface area contributed by atoms with Crippen LogP contribution in [0.15, 0.2) is 12.1 Å². The van der Waals surface area contributed by atoms with E-state index in [1.165, 1.54) is 12.1 Å². The molecular weight excluding hydrogens is 171 g/mol. The fraction of sp³-hybridized carbons (Fsp3) is 0.300. The number of benzene rings is 1. The predicted octanol–water partition coefficient (Wildman–Crippen LogP) is 2.47. The van der Waals surface area contributed by atoms with E-state index in [4.69, 9.17) is 5.11 Å². The van der Waals surface area contributed by atoms with Gasteiger partial charge in [-0.1, -0.05) is 13.8 Å². The molecule has 2 nitrogen and oxygen atoms in total. The van der Waals surface area contributed by atoms with Crippen molar-refractivity contribution in [2.24, 2.45) is 0 Å². The first-order valence-electron chi connectivity index (χ1n) is 4.04. The number of aldehydes is 1.